The molecule has 3 unspecified atom stereocenters. The summed E-state index contributed by atoms with van der Waals surface area (Å²) in [5, 5.41) is 2.06. The van der Waals surface area contributed by atoms with Crippen LogP contribution in [0.3, 0.4) is 0 Å². The van der Waals surface area contributed by atoms with Crippen molar-refractivity contribution >= 4 is 28.0 Å². The van der Waals surface area contributed by atoms with Gasteiger partial charge in [-0.05, 0) is 30.5 Å². The average molecular weight is 450 g/mol. The van der Waals surface area contributed by atoms with Gasteiger partial charge in [-0.15, -0.1) is 11.3 Å². The predicted molar refractivity (Wildman–Crippen MR) is 125 cm³/mol. The van der Waals surface area contributed by atoms with Gasteiger partial charge >= 0.3 is 5.97 Å². The average Bonchev–Trinajstić information content (AvgIpc) is 3.54. The standard InChI is InChI=1S/C25H24FN3O2S/c1-28(23-24-29(14-15-32-24)22(27-23)17-6-4-3-5-7-17)20-13-12-19(25(30)31-2)21(20)16-8-10-18(26)11-9-16/h3-11,14-15,19-21H,12-13H2,1-2H3. The summed E-state index contributed by atoms with van der Waals surface area (Å²) in [6, 6.07) is 16.6. The molecule has 1 saturated carbocycles. The van der Waals surface area contributed by atoms with Crippen LogP contribution in [0.15, 0.2) is 66.2 Å². The van der Waals surface area contributed by atoms with E-state index in [4.69, 9.17) is 9.72 Å². The van der Waals surface area contributed by atoms with Crippen molar-refractivity contribution in [2.75, 3.05) is 19.1 Å². The molecule has 0 radical (unpaired) electrons. The molecule has 7 heteroatoms. The number of halogens is 1. The third-order valence-electron chi connectivity index (χ3n) is 6.48. The molecule has 0 bridgehead atoms. The monoisotopic (exact) mass is 449 g/mol. The highest BCUT2D eigenvalue weighted by Gasteiger charge is 2.44. The number of hydrogen-bond donors (Lipinski definition) is 0. The summed E-state index contributed by atoms with van der Waals surface area (Å²) in [5.41, 5.74) is 2.00. The van der Waals surface area contributed by atoms with Crippen molar-refractivity contribution in [1.29, 1.82) is 0 Å². The number of nitrogens with zero attached hydrogens (tertiary/aromatic N) is 3. The lowest BCUT2D eigenvalue weighted by Crippen LogP contribution is -2.36. The van der Waals surface area contributed by atoms with E-state index in [2.05, 4.69) is 26.8 Å². The van der Waals surface area contributed by atoms with E-state index in [0.29, 0.717) is 0 Å². The van der Waals surface area contributed by atoms with Crippen LogP contribution in [0.1, 0.15) is 24.3 Å². The second kappa shape index (κ2) is 8.39. The first-order valence-corrected chi connectivity index (χ1v) is 11.5. The number of ether oxygens (including phenoxy) is 1. The molecule has 1 fully saturated rings. The van der Waals surface area contributed by atoms with Crippen molar-refractivity contribution in [3.05, 3.63) is 77.6 Å². The molecular formula is C25H24FN3O2S. The minimum Gasteiger partial charge on any atom is -0.469 e. The Morgan fingerprint density at radius 2 is 1.91 bits per heavy atom. The lowest BCUT2D eigenvalue weighted by molar-refractivity contribution is -0.145. The van der Waals surface area contributed by atoms with Gasteiger partial charge in [-0.25, -0.2) is 9.37 Å². The van der Waals surface area contributed by atoms with Crippen LogP contribution in [0.25, 0.3) is 16.2 Å². The van der Waals surface area contributed by atoms with Gasteiger partial charge in [0, 0.05) is 36.1 Å². The van der Waals surface area contributed by atoms with Crippen molar-refractivity contribution in [1.82, 2.24) is 9.38 Å². The first kappa shape index (κ1) is 20.7. The Morgan fingerprint density at radius 1 is 1.16 bits per heavy atom. The van der Waals surface area contributed by atoms with Crippen molar-refractivity contribution in [3.8, 4) is 11.4 Å². The molecule has 5 rings (SSSR count). The highest BCUT2D eigenvalue weighted by atomic mass is 32.1. The van der Waals surface area contributed by atoms with Gasteiger partial charge in [0.1, 0.15) is 16.5 Å². The summed E-state index contributed by atoms with van der Waals surface area (Å²) >= 11 is 1.64. The number of methoxy groups -OCH3 is 1. The number of carbonyl (C=O) groups is 1. The lowest BCUT2D eigenvalue weighted by Gasteiger charge is -2.32. The predicted octanol–water partition coefficient (Wildman–Crippen LogP) is 5.37. The molecule has 0 amide bonds. The maximum absolute atomic E-state index is 13.6. The SMILES string of the molecule is COC(=O)C1CCC(N(C)c2nc(-c3ccccc3)n3ccsc23)C1c1ccc(F)cc1. The van der Waals surface area contributed by atoms with Gasteiger partial charge in [0.05, 0.1) is 13.0 Å². The van der Waals surface area contributed by atoms with Crippen LogP contribution in [0.4, 0.5) is 10.2 Å². The number of rotatable bonds is 5. The number of benzene rings is 2. The third kappa shape index (κ3) is 3.46. The van der Waals surface area contributed by atoms with Gasteiger partial charge in [0.2, 0.25) is 0 Å². The van der Waals surface area contributed by atoms with Crippen molar-refractivity contribution < 1.29 is 13.9 Å². The number of likely N-dealkylation sites (N-methyl/N-ethyl adjacent to an activating group) is 1. The fraction of sp³-hybridized carbons (Fsp3) is 0.280. The fourth-order valence-corrected chi connectivity index (χ4v) is 5.82. The Balaban J connectivity index is 1.56. The van der Waals surface area contributed by atoms with Gasteiger partial charge in [0.15, 0.2) is 5.82 Å². The molecule has 2 heterocycles. The molecule has 0 aliphatic heterocycles. The Bertz CT molecular complexity index is 1240. The van der Waals surface area contributed by atoms with Crippen molar-refractivity contribution in [2.45, 2.75) is 24.8 Å². The number of hydrogen-bond acceptors (Lipinski definition) is 5. The Morgan fingerprint density at radius 3 is 2.62 bits per heavy atom. The zero-order valence-electron chi connectivity index (χ0n) is 17.9. The number of carbonyl (C=O) groups excluding carboxylic acids is 1. The van der Waals surface area contributed by atoms with Crippen LogP contribution in [0, 0.1) is 11.7 Å². The summed E-state index contributed by atoms with van der Waals surface area (Å²) in [7, 11) is 3.47. The molecule has 0 saturated heterocycles. The highest BCUT2D eigenvalue weighted by molar-refractivity contribution is 7.16. The summed E-state index contributed by atoms with van der Waals surface area (Å²) in [4.78, 5) is 20.9. The van der Waals surface area contributed by atoms with Gasteiger partial charge in [-0.2, -0.15) is 0 Å². The smallest absolute Gasteiger partial charge is 0.309 e. The number of anilines is 1. The molecule has 0 N–H and O–H groups in total. The zero-order chi connectivity index (χ0) is 22.2. The van der Waals surface area contributed by atoms with Crippen LogP contribution < -0.4 is 4.90 Å². The number of aromatic nitrogens is 2. The molecular weight excluding hydrogens is 425 g/mol. The van der Waals surface area contributed by atoms with E-state index in [1.807, 2.05) is 31.4 Å². The molecule has 0 spiro atoms. The summed E-state index contributed by atoms with van der Waals surface area (Å²) in [6.45, 7) is 0. The third-order valence-corrected chi connectivity index (χ3v) is 7.34. The van der Waals surface area contributed by atoms with Crippen LogP contribution in [0.5, 0.6) is 0 Å². The lowest BCUT2D eigenvalue weighted by atomic mass is 9.86. The van der Waals surface area contributed by atoms with E-state index in [1.54, 1.807) is 23.5 Å². The van der Waals surface area contributed by atoms with Crippen LogP contribution in [0.2, 0.25) is 0 Å². The molecule has 164 valence electrons. The Labute approximate surface area is 190 Å². The van der Waals surface area contributed by atoms with Crippen LogP contribution in [-0.2, 0) is 9.53 Å². The highest BCUT2D eigenvalue weighted by Crippen LogP contribution is 2.45. The normalized spacial score (nSPS) is 20.5. The van der Waals surface area contributed by atoms with Gasteiger partial charge in [-0.3, -0.25) is 9.20 Å². The number of imidazole rings is 1. The Hall–Kier alpha value is -3.19. The van der Waals surface area contributed by atoms with Gasteiger partial charge < -0.3 is 9.64 Å². The molecule has 2 aromatic carbocycles. The van der Waals surface area contributed by atoms with Crippen LogP contribution >= 0.6 is 11.3 Å². The maximum atomic E-state index is 13.6. The van der Waals surface area contributed by atoms with E-state index in [0.717, 1.165) is 40.4 Å². The molecule has 3 atom stereocenters. The zero-order valence-corrected chi connectivity index (χ0v) is 18.8. The molecule has 32 heavy (non-hydrogen) atoms. The van der Waals surface area contributed by atoms with Crippen molar-refractivity contribution in [3.63, 3.8) is 0 Å². The van der Waals surface area contributed by atoms with Crippen molar-refractivity contribution in [2.24, 2.45) is 5.92 Å². The maximum Gasteiger partial charge on any atom is 0.309 e. The van der Waals surface area contributed by atoms with E-state index >= 15 is 0 Å². The minimum absolute atomic E-state index is 0.0361. The van der Waals surface area contributed by atoms with E-state index in [1.165, 1.54) is 19.2 Å². The molecule has 2 aromatic heterocycles. The first-order valence-electron chi connectivity index (χ1n) is 10.7. The summed E-state index contributed by atoms with van der Waals surface area (Å²) < 4.78 is 20.8. The summed E-state index contributed by atoms with van der Waals surface area (Å²) in [5.74, 6) is 0.906. The van der Waals surface area contributed by atoms with Gasteiger partial charge in [0.25, 0.3) is 0 Å². The van der Waals surface area contributed by atoms with Gasteiger partial charge in [-0.1, -0.05) is 42.5 Å². The number of esters is 1. The topological polar surface area (TPSA) is 46.8 Å². The Kier molecular flexibility index (Phi) is 5.43. The molecule has 1 aliphatic carbocycles. The largest absolute Gasteiger partial charge is 0.469 e. The van der Waals surface area contributed by atoms with E-state index in [9.17, 15) is 9.18 Å². The quantitative estimate of drug-likeness (QED) is 0.384. The fourth-order valence-electron chi connectivity index (χ4n) is 4.95. The number of thiazole rings is 1. The first-order chi connectivity index (χ1) is 15.6. The minimum atomic E-state index is -0.284. The molecule has 4 aromatic rings. The van der Waals surface area contributed by atoms with Crippen LogP contribution in [-0.4, -0.2) is 35.6 Å². The molecule has 1 aliphatic rings. The second-order valence-electron chi connectivity index (χ2n) is 8.17. The van der Waals surface area contributed by atoms with E-state index < -0.39 is 0 Å². The van der Waals surface area contributed by atoms with E-state index in [-0.39, 0.29) is 29.7 Å². The second-order valence-corrected chi connectivity index (χ2v) is 9.06. The molecule has 5 nitrogen and oxygen atoms in total. The summed E-state index contributed by atoms with van der Waals surface area (Å²) in [6.07, 6.45) is 3.58. The number of fused-ring (bicyclic) bond motifs is 1.